The number of rotatable bonds is 3. The first-order valence-electron chi connectivity index (χ1n) is 10.3. The number of piperidine rings is 1. The van der Waals surface area contributed by atoms with Crippen LogP contribution in [0.4, 0.5) is 5.69 Å². The fraction of sp³-hybridized carbons (Fsp3) is 0.478. The first-order valence-corrected chi connectivity index (χ1v) is 11.3. The Labute approximate surface area is 171 Å². The highest BCUT2D eigenvalue weighted by atomic mass is 32.2. The number of ether oxygens (including phenoxy) is 1. The van der Waals surface area contributed by atoms with E-state index in [1.54, 1.807) is 7.11 Å². The maximum Gasteiger partial charge on any atom is 0.119 e. The summed E-state index contributed by atoms with van der Waals surface area (Å²) in [5.74, 6) is 2.53. The topological polar surface area (TPSA) is 44.7 Å². The molecule has 0 radical (unpaired) electrons. The summed E-state index contributed by atoms with van der Waals surface area (Å²) in [4.78, 5) is 4.11. The lowest BCUT2D eigenvalue weighted by molar-refractivity contribution is 0.199. The Kier molecular flexibility index (Phi) is 4.77. The molecule has 2 N–H and O–H groups in total. The van der Waals surface area contributed by atoms with Gasteiger partial charge in [-0.1, -0.05) is 6.07 Å². The van der Waals surface area contributed by atoms with Gasteiger partial charge < -0.3 is 20.1 Å². The largest absolute Gasteiger partial charge is 0.497 e. The molecule has 0 saturated carbocycles. The average molecular weight is 397 g/mol. The first kappa shape index (κ1) is 18.3. The Morgan fingerprint density at radius 3 is 3.00 bits per heavy atom. The molecule has 3 aliphatic heterocycles. The molecular formula is C23H28N2O2S. The van der Waals surface area contributed by atoms with E-state index in [9.17, 15) is 5.11 Å². The standard InChI is InChI=1S/C23H28N2O2S/c1-14(26)18-12-16(27-2)4-5-17(18)15-10-19-20-13-24-7-6-21(20)25-8-3-9-28-22(11-15)23(19)25/h4-5,10-12,14,20-21,24,26H,3,6-9,13H2,1-2H3/t14?,20-,21-/m0/s1. The van der Waals surface area contributed by atoms with Crippen LogP contribution in [0, 0.1) is 0 Å². The third kappa shape index (κ3) is 2.92. The minimum Gasteiger partial charge on any atom is -0.497 e. The normalized spacial score (nSPS) is 24.3. The summed E-state index contributed by atoms with van der Waals surface area (Å²) < 4.78 is 5.40. The highest BCUT2D eigenvalue weighted by Crippen LogP contribution is 2.51. The number of methoxy groups -OCH3 is 1. The second-order valence-electron chi connectivity index (χ2n) is 8.10. The summed E-state index contributed by atoms with van der Waals surface area (Å²) >= 11 is 1.99. The smallest absolute Gasteiger partial charge is 0.119 e. The summed E-state index contributed by atoms with van der Waals surface area (Å²) in [7, 11) is 1.67. The van der Waals surface area contributed by atoms with Crippen molar-refractivity contribution in [2.24, 2.45) is 0 Å². The summed E-state index contributed by atoms with van der Waals surface area (Å²) in [5, 5.41) is 14.0. The lowest BCUT2D eigenvalue weighted by atomic mass is 9.87. The zero-order valence-corrected chi connectivity index (χ0v) is 17.4. The minimum atomic E-state index is -0.536. The van der Waals surface area contributed by atoms with Gasteiger partial charge in [0.25, 0.3) is 0 Å². The van der Waals surface area contributed by atoms with E-state index >= 15 is 0 Å². The molecule has 3 aliphatic rings. The molecule has 1 fully saturated rings. The quantitative estimate of drug-likeness (QED) is 0.815. The zero-order valence-electron chi connectivity index (χ0n) is 16.6. The summed E-state index contributed by atoms with van der Waals surface area (Å²) in [6.45, 7) is 5.19. The van der Waals surface area contributed by atoms with Crippen molar-refractivity contribution >= 4 is 17.4 Å². The van der Waals surface area contributed by atoms with Crippen LogP contribution in [0.1, 0.15) is 42.9 Å². The maximum atomic E-state index is 10.4. The van der Waals surface area contributed by atoms with Crippen molar-refractivity contribution in [1.29, 1.82) is 0 Å². The van der Waals surface area contributed by atoms with Gasteiger partial charge in [-0.05, 0) is 78.6 Å². The van der Waals surface area contributed by atoms with Crippen LogP contribution in [0.25, 0.3) is 11.1 Å². The van der Waals surface area contributed by atoms with Crippen molar-refractivity contribution in [2.45, 2.75) is 42.7 Å². The number of thioether (sulfide) groups is 1. The second kappa shape index (κ2) is 7.29. The van der Waals surface area contributed by atoms with E-state index in [2.05, 4.69) is 28.4 Å². The number of anilines is 1. The number of nitrogens with zero attached hydrogens (tertiary/aromatic N) is 1. The number of aliphatic hydroxyl groups excluding tert-OH is 1. The molecule has 2 aromatic carbocycles. The highest BCUT2D eigenvalue weighted by Gasteiger charge is 2.42. The molecule has 28 heavy (non-hydrogen) atoms. The molecule has 0 bridgehead atoms. The first-order chi connectivity index (χ1) is 13.7. The van der Waals surface area contributed by atoms with Crippen molar-refractivity contribution in [2.75, 3.05) is 37.4 Å². The molecule has 5 heteroatoms. The van der Waals surface area contributed by atoms with Gasteiger partial charge in [0.15, 0.2) is 0 Å². The molecule has 0 spiro atoms. The Morgan fingerprint density at radius 1 is 1.29 bits per heavy atom. The summed E-state index contributed by atoms with van der Waals surface area (Å²) in [6, 6.07) is 11.4. The van der Waals surface area contributed by atoms with E-state index < -0.39 is 6.10 Å². The molecule has 0 aromatic heterocycles. The van der Waals surface area contributed by atoms with Crippen LogP contribution in [0.5, 0.6) is 5.75 Å². The van der Waals surface area contributed by atoms with Gasteiger partial charge in [-0.3, -0.25) is 0 Å². The monoisotopic (exact) mass is 396 g/mol. The van der Waals surface area contributed by atoms with Gasteiger partial charge in [-0.15, -0.1) is 11.8 Å². The molecule has 1 saturated heterocycles. The number of aliphatic hydroxyl groups is 1. The van der Waals surface area contributed by atoms with Gasteiger partial charge in [0.2, 0.25) is 0 Å². The molecule has 0 aliphatic carbocycles. The second-order valence-corrected chi connectivity index (χ2v) is 9.24. The van der Waals surface area contributed by atoms with Gasteiger partial charge >= 0.3 is 0 Å². The van der Waals surface area contributed by atoms with E-state index in [1.807, 2.05) is 30.8 Å². The van der Waals surface area contributed by atoms with Crippen molar-refractivity contribution in [3.05, 3.63) is 41.5 Å². The number of benzene rings is 2. The number of hydrogen-bond acceptors (Lipinski definition) is 5. The van der Waals surface area contributed by atoms with Crippen molar-refractivity contribution < 1.29 is 9.84 Å². The summed E-state index contributed by atoms with van der Waals surface area (Å²) in [6.07, 6.45) is 1.93. The third-order valence-corrected chi connectivity index (χ3v) is 7.57. The van der Waals surface area contributed by atoms with E-state index in [0.717, 1.165) is 30.0 Å². The van der Waals surface area contributed by atoms with Gasteiger partial charge in [0.1, 0.15) is 5.75 Å². The fourth-order valence-electron chi connectivity index (χ4n) is 5.16. The molecule has 148 valence electrons. The van der Waals surface area contributed by atoms with Crippen LogP contribution in [0.2, 0.25) is 0 Å². The van der Waals surface area contributed by atoms with E-state index in [-0.39, 0.29) is 0 Å². The van der Waals surface area contributed by atoms with E-state index in [4.69, 9.17) is 4.74 Å². The Morgan fingerprint density at radius 2 is 2.18 bits per heavy atom. The minimum absolute atomic E-state index is 0.536. The highest BCUT2D eigenvalue weighted by molar-refractivity contribution is 7.99. The number of fused-ring (bicyclic) bond motifs is 3. The lowest BCUT2D eigenvalue weighted by Gasteiger charge is -2.33. The maximum absolute atomic E-state index is 10.4. The molecule has 0 amide bonds. The lowest BCUT2D eigenvalue weighted by Crippen LogP contribution is -2.44. The predicted octanol–water partition coefficient (Wildman–Crippen LogP) is 4.18. The van der Waals surface area contributed by atoms with Crippen LogP contribution >= 0.6 is 11.8 Å². The SMILES string of the molecule is COc1ccc(-c2cc3c4c(c2)[C@@H]2CNCC[C@@H]2N4CCCS3)c(C(C)O)c1. The number of hydrogen-bond donors (Lipinski definition) is 2. The zero-order chi connectivity index (χ0) is 19.3. The molecule has 5 rings (SSSR count). The molecule has 4 nitrogen and oxygen atoms in total. The predicted molar refractivity (Wildman–Crippen MR) is 116 cm³/mol. The average Bonchev–Trinajstić information content (AvgIpc) is 2.88. The van der Waals surface area contributed by atoms with Crippen LogP contribution in [0.15, 0.2) is 35.2 Å². The number of nitrogens with one attached hydrogen (secondary N) is 1. The van der Waals surface area contributed by atoms with Gasteiger partial charge in [-0.2, -0.15) is 0 Å². The van der Waals surface area contributed by atoms with Crippen LogP contribution in [-0.2, 0) is 0 Å². The fourth-order valence-corrected chi connectivity index (χ4v) is 6.23. The molecular weight excluding hydrogens is 368 g/mol. The van der Waals surface area contributed by atoms with E-state index in [1.165, 1.54) is 46.8 Å². The van der Waals surface area contributed by atoms with Crippen molar-refractivity contribution in [3.8, 4) is 16.9 Å². The van der Waals surface area contributed by atoms with Gasteiger partial charge in [-0.25, -0.2) is 0 Å². The Balaban J connectivity index is 1.67. The molecule has 2 aromatic rings. The van der Waals surface area contributed by atoms with Gasteiger partial charge in [0, 0.05) is 29.9 Å². The van der Waals surface area contributed by atoms with Crippen molar-refractivity contribution in [3.63, 3.8) is 0 Å². The Hall–Kier alpha value is -1.69. The summed E-state index contributed by atoms with van der Waals surface area (Å²) in [5.41, 5.74) is 6.23. The van der Waals surface area contributed by atoms with Crippen molar-refractivity contribution in [1.82, 2.24) is 5.32 Å². The van der Waals surface area contributed by atoms with Crippen LogP contribution < -0.4 is 15.0 Å². The molecule has 3 atom stereocenters. The van der Waals surface area contributed by atoms with Crippen LogP contribution in [0.3, 0.4) is 0 Å². The molecule has 3 heterocycles. The molecule has 1 unspecified atom stereocenters. The van der Waals surface area contributed by atoms with Gasteiger partial charge in [0.05, 0.1) is 18.9 Å². The third-order valence-electron chi connectivity index (χ3n) is 6.46. The Bertz CT molecular complexity index is 898. The van der Waals surface area contributed by atoms with E-state index in [0.29, 0.717) is 12.0 Å². The van der Waals surface area contributed by atoms with Crippen LogP contribution in [-0.4, -0.2) is 43.6 Å².